The predicted molar refractivity (Wildman–Crippen MR) is 63.6 cm³/mol. The lowest BCUT2D eigenvalue weighted by molar-refractivity contribution is -0.117. The summed E-state index contributed by atoms with van der Waals surface area (Å²) in [5.74, 6) is 1.05. The van der Waals surface area contributed by atoms with Crippen molar-refractivity contribution < 1.29 is 4.79 Å². The number of aromatic nitrogens is 3. The van der Waals surface area contributed by atoms with Gasteiger partial charge in [0.15, 0.2) is 0 Å². The van der Waals surface area contributed by atoms with Gasteiger partial charge in [-0.15, -0.1) is 0 Å². The molecule has 1 amide bonds. The molecule has 1 saturated heterocycles. The van der Waals surface area contributed by atoms with E-state index in [-0.39, 0.29) is 29.0 Å². The summed E-state index contributed by atoms with van der Waals surface area (Å²) in [5.41, 5.74) is 5.44. The Morgan fingerprint density at radius 1 is 1.50 bits per heavy atom. The molecule has 2 rings (SSSR count). The van der Waals surface area contributed by atoms with Crippen molar-refractivity contribution in [2.24, 2.45) is 5.92 Å². The maximum absolute atomic E-state index is 11.7. The zero-order valence-corrected chi connectivity index (χ0v) is 9.95. The normalized spacial score (nSPS) is 20.5. The molecular formula is C8H10ClN5OS. The lowest BCUT2D eigenvalue weighted by atomic mass is 10.1. The van der Waals surface area contributed by atoms with Gasteiger partial charge in [-0.05, 0) is 23.3 Å². The minimum atomic E-state index is -0.0410. The predicted octanol–water partition coefficient (Wildman–Crippen LogP) is 0.390. The average Bonchev–Trinajstić information content (AvgIpc) is 2.58. The first kappa shape index (κ1) is 11.4. The molecule has 1 fully saturated rings. The quantitative estimate of drug-likeness (QED) is 0.751. The van der Waals surface area contributed by atoms with Crippen LogP contribution in [0.2, 0.25) is 5.28 Å². The molecule has 8 heteroatoms. The van der Waals surface area contributed by atoms with Gasteiger partial charge < -0.3 is 5.73 Å². The van der Waals surface area contributed by atoms with Crippen LogP contribution in [-0.4, -0.2) is 33.2 Å². The minimum Gasteiger partial charge on any atom is -0.368 e. The molecular weight excluding hydrogens is 250 g/mol. The molecule has 2 N–H and O–H groups in total. The Balaban J connectivity index is 2.27. The van der Waals surface area contributed by atoms with Gasteiger partial charge in [0.25, 0.3) is 0 Å². The van der Waals surface area contributed by atoms with E-state index in [2.05, 4.69) is 27.6 Å². The van der Waals surface area contributed by atoms with Gasteiger partial charge in [0.2, 0.25) is 23.1 Å². The van der Waals surface area contributed by atoms with Crippen molar-refractivity contribution in [2.75, 3.05) is 22.9 Å². The van der Waals surface area contributed by atoms with Gasteiger partial charge in [-0.2, -0.15) is 27.6 Å². The van der Waals surface area contributed by atoms with Crippen molar-refractivity contribution in [1.29, 1.82) is 0 Å². The number of amides is 1. The van der Waals surface area contributed by atoms with E-state index < -0.39 is 0 Å². The molecule has 0 aromatic carbocycles. The van der Waals surface area contributed by atoms with Crippen LogP contribution in [0.15, 0.2) is 0 Å². The summed E-state index contributed by atoms with van der Waals surface area (Å²) < 4.78 is 0. The summed E-state index contributed by atoms with van der Waals surface area (Å²) in [4.78, 5) is 24.5. The summed E-state index contributed by atoms with van der Waals surface area (Å²) in [6.45, 7) is 0.544. The Kier molecular flexibility index (Phi) is 3.15. The fourth-order valence-electron chi connectivity index (χ4n) is 1.57. The van der Waals surface area contributed by atoms with Crippen LogP contribution in [0.4, 0.5) is 11.9 Å². The molecule has 1 aromatic rings. The molecule has 0 aliphatic carbocycles. The number of rotatable bonds is 2. The van der Waals surface area contributed by atoms with Crippen LogP contribution in [0, 0.1) is 5.92 Å². The molecule has 1 aliphatic rings. The summed E-state index contributed by atoms with van der Waals surface area (Å²) in [6, 6.07) is 0. The summed E-state index contributed by atoms with van der Waals surface area (Å²) in [6.07, 6.45) is 0.451. The summed E-state index contributed by atoms with van der Waals surface area (Å²) in [5, 5.41) is -0.00961. The van der Waals surface area contributed by atoms with Crippen molar-refractivity contribution in [2.45, 2.75) is 6.42 Å². The molecule has 16 heavy (non-hydrogen) atoms. The van der Waals surface area contributed by atoms with E-state index >= 15 is 0 Å². The van der Waals surface area contributed by atoms with Crippen molar-refractivity contribution >= 4 is 42.0 Å². The highest BCUT2D eigenvalue weighted by Crippen LogP contribution is 2.23. The van der Waals surface area contributed by atoms with E-state index in [0.717, 1.165) is 0 Å². The number of hydrogen-bond acceptors (Lipinski definition) is 6. The van der Waals surface area contributed by atoms with Gasteiger partial charge in [-0.1, -0.05) is 0 Å². The van der Waals surface area contributed by atoms with E-state index in [0.29, 0.717) is 18.7 Å². The Morgan fingerprint density at radius 3 is 2.81 bits per heavy atom. The molecule has 2 heterocycles. The third-order valence-corrected chi connectivity index (χ3v) is 3.00. The van der Waals surface area contributed by atoms with Crippen LogP contribution in [0.25, 0.3) is 0 Å². The number of thiol groups is 1. The number of nitrogen functional groups attached to an aromatic ring is 1. The lowest BCUT2D eigenvalue weighted by Gasteiger charge is -2.13. The number of halogens is 1. The third-order valence-electron chi connectivity index (χ3n) is 2.32. The molecule has 1 aliphatic heterocycles. The smallest absolute Gasteiger partial charge is 0.238 e. The SMILES string of the molecule is Nc1nc(Cl)nc(N2CC(CS)CC2=O)n1. The van der Waals surface area contributed by atoms with Gasteiger partial charge in [0.05, 0.1) is 0 Å². The highest BCUT2D eigenvalue weighted by molar-refractivity contribution is 7.80. The number of nitrogens with zero attached hydrogens (tertiary/aromatic N) is 4. The second kappa shape index (κ2) is 4.42. The molecule has 86 valence electrons. The minimum absolute atomic E-state index is 0.00961. The topological polar surface area (TPSA) is 85.0 Å². The first-order chi connectivity index (χ1) is 7.60. The van der Waals surface area contributed by atoms with E-state index in [9.17, 15) is 4.79 Å². The molecule has 0 radical (unpaired) electrons. The zero-order valence-electron chi connectivity index (χ0n) is 8.30. The van der Waals surface area contributed by atoms with Crippen LogP contribution >= 0.6 is 24.2 Å². The molecule has 1 unspecified atom stereocenters. The van der Waals surface area contributed by atoms with Crippen molar-refractivity contribution in [3.05, 3.63) is 5.28 Å². The molecule has 0 bridgehead atoms. The first-order valence-electron chi connectivity index (χ1n) is 4.68. The van der Waals surface area contributed by atoms with Crippen LogP contribution in [0.5, 0.6) is 0 Å². The number of nitrogens with two attached hydrogens (primary N) is 1. The number of anilines is 2. The fourth-order valence-corrected chi connectivity index (χ4v) is 1.98. The van der Waals surface area contributed by atoms with E-state index in [1.807, 2.05) is 0 Å². The summed E-state index contributed by atoms with van der Waals surface area (Å²) in [7, 11) is 0. The van der Waals surface area contributed by atoms with Gasteiger partial charge >= 0.3 is 0 Å². The maximum Gasteiger partial charge on any atom is 0.238 e. The zero-order chi connectivity index (χ0) is 11.7. The Labute approximate surface area is 103 Å². The number of hydrogen-bond donors (Lipinski definition) is 2. The van der Waals surface area contributed by atoms with E-state index in [1.54, 1.807) is 0 Å². The third kappa shape index (κ3) is 2.19. The monoisotopic (exact) mass is 259 g/mol. The van der Waals surface area contributed by atoms with E-state index in [1.165, 1.54) is 4.90 Å². The maximum atomic E-state index is 11.7. The molecule has 1 aromatic heterocycles. The van der Waals surface area contributed by atoms with E-state index in [4.69, 9.17) is 17.3 Å². The Bertz CT molecular complexity index is 409. The van der Waals surface area contributed by atoms with Crippen LogP contribution in [-0.2, 0) is 4.79 Å². The van der Waals surface area contributed by atoms with Crippen LogP contribution in [0.3, 0.4) is 0 Å². The molecule has 6 nitrogen and oxygen atoms in total. The standard InChI is InChI=1S/C8H10ClN5OS/c9-6-11-7(10)13-8(12-6)14-2-4(3-16)1-5(14)15/h4,16H,1-3H2,(H2,10,11,12,13). The number of carbonyl (C=O) groups is 1. The van der Waals surface area contributed by atoms with Crippen LogP contribution in [0.1, 0.15) is 6.42 Å². The van der Waals surface area contributed by atoms with Gasteiger partial charge in [-0.3, -0.25) is 9.69 Å². The summed E-state index contributed by atoms with van der Waals surface area (Å²) >= 11 is 9.82. The molecule has 0 saturated carbocycles. The van der Waals surface area contributed by atoms with Crippen molar-refractivity contribution in [3.8, 4) is 0 Å². The number of carbonyl (C=O) groups excluding carboxylic acids is 1. The Hall–Kier alpha value is -1.08. The van der Waals surface area contributed by atoms with Crippen molar-refractivity contribution in [1.82, 2.24) is 15.0 Å². The molecule has 0 spiro atoms. The van der Waals surface area contributed by atoms with Gasteiger partial charge in [-0.25, -0.2) is 0 Å². The van der Waals surface area contributed by atoms with Crippen molar-refractivity contribution in [3.63, 3.8) is 0 Å². The second-order valence-electron chi connectivity index (χ2n) is 3.52. The lowest BCUT2D eigenvalue weighted by Crippen LogP contribution is -2.27. The second-order valence-corrected chi connectivity index (χ2v) is 4.22. The van der Waals surface area contributed by atoms with Crippen LogP contribution < -0.4 is 10.6 Å². The molecule has 1 atom stereocenters. The largest absolute Gasteiger partial charge is 0.368 e. The van der Waals surface area contributed by atoms with Gasteiger partial charge in [0.1, 0.15) is 0 Å². The Morgan fingerprint density at radius 2 is 2.25 bits per heavy atom. The average molecular weight is 260 g/mol. The first-order valence-corrected chi connectivity index (χ1v) is 5.69. The highest BCUT2D eigenvalue weighted by atomic mass is 35.5. The highest BCUT2D eigenvalue weighted by Gasteiger charge is 2.31. The fraction of sp³-hybridized carbons (Fsp3) is 0.500. The van der Waals surface area contributed by atoms with Gasteiger partial charge in [0, 0.05) is 13.0 Å².